The molecule has 0 radical (unpaired) electrons. The second-order valence-corrected chi connectivity index (χ2v) is 7.46. The van der Waals surface area contributed by atoms with Crippen LogP contribution >= 0.6 is 0 Å². The third-order valence-electron chi connectivity index (χ3n) is 5.56. The van der Waals surface area contributed by atoms with Crippen LogP contribution in [0, 0.1) is 0 Å². The van der Waals surface area contributed by atoms with Crippen LogP contribution < -0.4 is 5.73 Å². The number of rotatable bonds is 4. The first-order valence-electron chi connectivity index (χ1n) is 9.82. The molecule has 156 valence electrons. The number of nitrogens with zero attached hydrogens (tertiary/aromatic N) is 4. The number of carbonyl (C=O) groups excluding carboxylic acids is 1. The summed E-state index contributed by atoms with van der Waals surface area (Å²) < 4.78 is 0. The van der Waals surface area contributed by atoms with Crippen LogP contribution in [-0.2, 0) is 0 Å². The highest BCUT2D eigenvalue weighted by Gasteiger charge is 2.32. The van der Waals surface area contributed by atoms with Gasteiger partial charge < -0.3 is 10.8 Å². The van der Waals surface area contributed by atoms with E-state index >= 15 is 0 Å². The van der Waals surface area contributed by atoms with Crippen LogP contribution in [0.4, 0.5) is 4.79 Å². The zero-order valence-corrected chi connectivity index (χ0v) is 16.4. The van der Waals surface area contributed by atoms with Crippen molar-refractivity contribution in [3.63, 3.8) is 0 Å². The Labute approximate surface area is 176 Å². The number of H-pyrrole nitrogens is 2. The number of aromatic amines is 2. The average molecular weight is 417 g/mol. The monoisotopic (exact) mass is 417 g/mol. The molecule has 4 aromatic rings. The van der Waals surface area contributed by atoms with E-state index in [1.54, 1.807) is 18.2 Å². The first kappa shape index (κ1) is 18.8. The number of fused-ring (bicyclic) bond motifs is 1. The predicted octanol–water partition coefficient (Wildman–Crippen LogP) is 2.93. The second kappa shape index (κ2) is 7.24. The van der Waals surface area contributed by atoms with Crippen LogP contribution in [0.25, 0.3) is 33.5 Å². The molecule has 1 aliphatic rings. The van der Waals surface area contributed by atoms with Crippen molar-refractivity contribution in [1.29, 1.82) is 0 Å². The van der Waals surface area contributed by atoms with Crippen molar-refractivity contribution in [3.05, 3.63) is 53.9 Å². The smallest absolute Gasteiger partial charge is 0.407 e. The molecule has 10 nitrogen and oxygen atoms in total. The summed E-state index contributed by atoms with van der Waals surface area (Å²) in [5.41, 5.74) is 8.85. The van der Waals surface area contributed by atoms with Crippen LogP contribution in [-0.4, -0.2) is 53.9 Å². The van der Waals surface area contributed by atoms with E-state index in [4.69, 9.17) is 5.73 Å². The van der Waals surface area contributed by atoms with Crippen LogP contribution in [0.2, 0.25) is 0 Å². The molecule has 1 aliphatic heterocycles. The molecule has 1 fully saturated rings. The molecule has 0 spiro atoms. The van der Waals surface area contributed by atoms with Crippen LogP contribution in [0.15, 0.2) is 42.5 Å². The Bertz CT molecular complexity index is 1310. The molecule has 1 unspecified atom stereocenters. The van der Waals surface area contributed by atoms with Gasteiger partial charge >= 0.3 is 6.09 Å². The molecule has 10 heteroatoms. The lowest BCUT2D eigenvalue weighted by molar-refractivity contribution is 0.1000. The second-order valence-electron chi connectivity index (χ2n) is 7.46. The van der Waals surface area contributed by atoms with Gasteiger partial charge in [0.25, 0.3) is 0 Å². The molecular weight excluding hydrogens is 398 g/mol. The van der Waals surface area contributed by atoms with Gasteiger partial charge in [-0.15, -0.1) is 0 Å². The number of hydrogen-bond acceptors (Lipinski definition) is 5. The first-order chi connectivity index (χ1) is 15.0. The number of primary amides is 1. The fraction of sp³-hybridized carbons (Fsp3) is 0.190. The highest BCUT2D eigenvalue weighted by molar-refractivity contribution is 5.98. The fourth-order valence-electron chi connectivity index (χ4n) is 4.03. The minimum atomic E-state index is -0.955. The molecule has 1 saturated heterocycles. The van der Waals surface area contributed by atoms with E-state index in [0.717, 1.165) is 28.5 Å². The number of benzene rings is 2. The Morgan fingerprint density at radius 1 is 1.10 bits per heavy atom. The SMILES string of the molecule is NC(=O)c1cccc(-c2n[nH]c3ccc(-c4n[nH]c(C5CCCN5C(=O)O)n4)cc23)c1. The van der Waals surface area contributed by atoms with Crippen LogP contribution in [0.5, 0.6) is 0 Å². The average Bonchev–Trinajstić information content (AvgIpc) is 3.51. The summed E-state index contributed by atoms with van der Waals surface area (Å²) in [5.74, 6) is 0.515. The molecule has 2 aromatic carbocycles. The first-order valence-corrected chi connectivity index (χ1v) is 9.82. The number of hydrogen-bond donors (Lipinski definition) is 4. The highest BCUT2D eigenvalue weighted by Crippen LogP contribution is 2.32. The highest BCUT2D eigenvalue weighted by atomic mass is 16.4. The third kappa shape index (κ3) is 3.27. The zero-order chi connectivity index (χ0) is 21.5. The number of amides is 2. The maximum absolute atomic E-state index is 11.5. The van der Waals surface area contributed by atoms with E-state index in [1.165, 1.54) is 4.90 Å². The molecule has 2 aromatic heterocycles. The molecule has 0 saturated carbocycles. The van der Waals surface area contributed by atoms with E-state index in [-0.39, 0.29) is 6.04 Å². The van der Waals surface area contributed by atoms with Crippen molar-refractivity contribution in [2.45, 2.75) is 18.9 Å². The van der Waals surface area contributed by atoms with Gasteiger partial charge in [-0.05, 0) is 43.2 Å². The lowest BCUT2D eigenvalue weighted by Crippen LogP contribution is -2.29. The molecular formula is C21H19N7O3. The molecule has 0 aliphatic carbocycles. The number of carbonyl (C=O) groups is 2. The van der Waals surface area contributed by atoms with E-state index < -0.39 is 12.0 Å². The maximum atomic E-state index is 11.5. The zero-order valence-electron chi connectivity index (χ0n) is 16.4. The number of likely N-dealkylation sites (tertiary alicyclic amines) is 1. The van der Waals surface area contributed by atoms with E-state index in [9.17, 15) is 14.7 Å². The quantitative estimate of drug-likeness (QED) is 0.400. The predicted molar refractivity (Wildman–Crippen MR) is 112 cm³/mol. The molecule has 5 N–H and O–H groups in total. The number of carboxylic acid groups (broad SMARTS) is 1. The van der Waals surface area contributed by atoms with Crippen molar-refractivity contribution in [1.82, 2.24) is 30.3 Å². The van der Waals surface area contributed by atoms with E-state index in [2.05, 4.69) is 25.4 Å². The van der Waals surface area contributed by atoms with Gasteiger partial charge in [0.2, 0.25) is 5.91 Å². The molecule has 5 rings (SSSR count). The Morgan fingerprint density at radius 2 is 1.97 bits per heavy atom. The van der Waals surface area contributed by atoms with Crippen molar-refractivity contribution in [2.75, 3.05) is 6.54 Å². The van der Waals surface area contributed by atoms with E-state index in [1.807, 2.05) is 24.3 Å². The summed E-state index contributed by atoms with van der Waals surface area (Å²) in [6, 6.07) is 12.3. The van der Waals surface area contributed by atoms with Gasteiger partial charge in [-0.1, -0.05) is 12.1 Å². The summed E-state index contributed by atoms with van der Waals surface area (Å²) in [5, 5.41) is 24.8. The molecule has 3 heterocycles. The van der Waals surface area contributed by atoms with Gasteiger partial charge in [0.05, 0.1) is 17.3 Å². The Kier molecular flexibility index (Phi) is 4.39. The number of nitrogens with one attached hydrogen (secondary N) is 2. The summed E-state index contributed by atoms with van der Waals surface area (Å²) in [7, 11) is 0. The van der Waals surface area contributed by atoms with Gasteiger partial charge in [0, 0.05) is 28.6 Å². The minimum absolute atomic E-state index is 0.316. The standard InChI is InChI=1S/C21H19N7O3/c22-18(29)12-4-1-3-11(9-12)17-14-10-13(6-7-15(14)24-25-17)19-23-20(27-26-19)16-5-2-8-28(16)21(30)31/h1,3-4,6-7,9-10,16H,2,5,8H2,(H2,22,29)(H,24,25)(H,30,31)(H,23,26,27). The lowest BCUT2D eigenvalue weighted by Gasteiger charge is -2.18. The molecule has 1 atom stereocenters. The van der Waals surface area contributed by atoms with Crippen molar-refractivity contribution >= 4 is 22.9 Å². The fourth-order valence-corrected chi connectivity index (χ4v) is 4.03. The van der Waals surface area contributed by atoms with Crippen molar-refractivity contribution in [3.8, 4) is 22.6 Å². The maximum Gasteiger partial charge on any atom is 0.407 e. The van der Waals surface area contributed by atoms with Gasteiger partial charge in [-0.3, -0.25) is 19.9 Å². The van der Waals surface area contributed by atoms with Gasteiger partial charge in [0.15, 0.2) is 5.82 Å². The van der Waals surface area contributed by atoms with Gasteiger partial charge in [0.1, 0.15) is 5.82 Å². The van der Waals surface area contributed by atoms with Gasteiger partial charge in [-0.25, -0.2) is 9.78 Å². The normalized spacial score (nSPS) is 16.1. The van der Waals surface area contributed by atoms with Crippen LogP contribution in [0.3, 0.4) is 0 Å². The summed E-state index contributed by atoms with van der Waals surface area (Å²) in [4.78, 5) is 28.9. The summed E-state index contributed by atoms with van der Waals surface area (Å²) in [6.45, 7) is 0.491. The Morgan fingerprint density at radius 3 is 2.77 bits per heavy atom. The lowest BCUT2D eigenvalue weighted by atomic mass is 10.0. The summed E-state index contributed by atoms with van der Waals surface area (Å²) in [6.07, 6.45) is 0.548. The number of aromatic nitrogens is 5. The Hall–Kier alpha value is -4.21. The van der Waals surface area contributed by atoms with Gasteiger partial charge in [-0.2, -0.15) is 10.2 Å². The molecule has 0 bridgehead atoms. The summed E-state index contributed by atoms with van der Waals surface area (Å²) >= 11 is 0. The third-order valence-corrected chi connectivity index (χ3v) is 5.56. The topological polar surface area (TPSA) is 154 Å². The van der Waals surface area contributed by atoms with E-state index in [0.29, 0.717) is 35.9 Å². The van der Waals surface area contributed by atoms with Crippen molar-refractivity contribution in [2.24, 2.45) is 5.73 Å². The van der Waals surface area contributed by atoms with Crippen LogP contribution in [0.1, 0.15) is 35.1 Å². The largest absolute Gasteiger partial charge is 0.465 e. The Balaban J connectivity index is 1.52. The molecule has 2 amide bonds. The number of nitrogens with two attached hydrogens (primary N) is 1. The molecule has 31 heavy (non-hydrogen) atoms. The minimum Gasteiger partial charge on any atom is -0.465 e. The van der Waals surface area contributed by atoms with Crippen molar-refractivity contribution < 1.29 is 14.7 Å².